The first-order valence-electron chi connectivity index (χ1n) is 5.94. The molecule has 2 unspecified atom stereocenters. The zero-order valence-corrected chi connectivity index (χ0v) is 10.4. The van der Waals surface area contributed by atoms with Crippen LogP contribution in [0.25, 0.3) is 0 Å². The molecule has 1 aliphatic rings. The van der Waals surface area contributed by atoms with E-state index in [0.717, 1.165) is 0 Å². The van der Waals surface area contributed by atoms with Crippen molar-refractivity contribution >= 4 is 5.97 Å². The molecule has 16 heavy (non-hydrogen) atoms. The molecule has 0 amide bonds. The number of hydrogen-bond donors (Lipinski definition) is 2. The normalized spacial score (nSPS) is 28.1. The van der Waals surface area contributed by atoms with Gasteiger partial charge in [-0.2, -0.15) is 0 Å². The average molecular weight is 226 g/mol. The molecule has 2 atom stereocenters. The number of nitrogens with zero attached hydrogens (tertiary/aromatic N) is 1. The fraction of sp³-hybridized carbons (Fsp3) is 0.750. The van der Waals surface area contributed by atoms with Crippen molar-refractivity contribution < 1.29 is 9.90 Å². The Hall–Kier alpha value is -0.870. The van der Waals surface area contributed by atoms with Crippen LogP contribution >= 0.6 is 0 Å². The van der Waals surface area contributed by atoms with Crippen LogP contribution in [0.5, 0.6) is 0 Å². The van der Waals surface area contributed by atoms with Crippen LogP contribution in [0, 0.1) is 0 Å². The molecule has 0 saturated carbocycles. The second kappa shape index (κ2) is 6.01. The quantitative estimate of drug-likeness (QED) is 0.718. The summed E-state index contributed by atoms with van der Waals surface area (Å²) in [6, 6.07) is 1.06. The van der Waals surface area contributed by atoms with Gasteiger partial charge in [0.15, 0.2) is 0 Å². The summed E-state index contributed by atoms with van der Waals surface area (Å²) in [5.41, 5.74) is 3.69. The van der Waals surface area contributed by atoms with Crippen LogP contribution in [0.3, 0.4) is 0 Å². The zero-order valence-electron chi connectivity index (χ0n) is 10.4. The van der Waals surface area contributed by atoms with Crippen molar-refractivity contribution in [3.05, 3.63) is 11.6 Å². The smallest absolute Gasteiger partial charge is 0.330 e. The van der Waals surface area contributed by atoms with Crippen LogP contribution in [-0.4, -0.2) is 34.7 Å². The molecule has 0 bridgehead atoms. The Balaban J connectivity index is 2.41. The molecule has 1 aliphatic heterocycles. The molecule has 0 aromatic rings. The van der Waals surface area contributed by atoms with Crippen molar-refractivity contribution in [1.82, 2.24) is 10.4 Å². The van der Waals surface area contributed by atoms with Crippen molar-refractivity contribution in [2.75, 3.05) is 6.54 Å². The van der Waals surface area contributed by atoms with E-state index in [1.54, 1.807) is 13.0 Å². The lowest BCUT2D eigenvalue weighted by Gasteiger charge is -2.38. The molecule has 1 fully saturated rings. The molecule has 92 valence electrons. The molecule has 4 nitrogen and oxygen atoms in total. The molecule has 1 rings (SSSR count). The highest BCUT2D eigenvalue weighted by molar-refractivity contribution is 5.85. The fourth-order valence-electron chi connectivity index (χ4n) is 2.12. The number of aliphatic carboxylic acids is 1. The summed E-state index contributed by atoms with van der Waals surface area (Å²) in [7, 11) is 0. The minimum absolute atomic E-state index is 0.393. The maximum atomic E-state index is 10.6. The number of nitrogens with one attached hydrogen (secondary N) is 1. The van der Waals surface area contributed by atoms with E-state index >= 15 is 0 Å². The van der Waals surface area contributed by atoms with E-state index in [-0.39, 0.29) is 0 Å². The first-order valence-corrected chi connectivity index (χ1v) is 5.94. The van der Waals surface area contributed by atoms with Crippen molar-refractivity contribution in [2.45, 2.75) is 52.1 Å². The molecule has 1 saturated heterocycles. The van der Waals surface area contributed by atoms with E-state index in [1.165, 1.54) is 19.3 Å². The third kappa shape index (κ3) is 3.61. The SMILES string of the molecule is C/C(=C/CNN1C(C)CCCC1C)C(=O)O. The van der Waals surface area contributed by atoms with Gasteiger partial charge in [0.05, 0.1) is 0 Å². The van der Waals surface area contributed by atoms with Gasteiger partial charge in [-0.3, -0.25) is 5.43 Å². The molecule has 1 heterocycles. The largest absolute Gasteiger partial charge is 0.478 e. The Kier molecular flexibility index (Phi) is 4.96. The molecule has 0 aliphatic carbocycles. The standard InChI is InChI=1S/C12H22N2O2/c1-9(12(15)16)7-8-13-14-10(2)5-4-6-11(14)3/h7,10-11,13H,4-6,8H2,1-3H3,(H,15,16)/b9-7-. The number of hydrazine groups is 1. The monoisotopic (exact) mass is 226 g/mol. The second-order valence-electron chi connectivity index (χ2n) is 4.59. The molecule has 0 aromatic heterocycles. The summed E-state index contributed by atoms with van der Waals surface area (Å²) in [6.07, 6.45) is 5.42. The summed E-state index contributed by atoms with van der Waals surface area (Å²) >= 11 is 0. The Bertz CT molecular complexity index is 266. The Morgan fingerprint density at radius 3 is 2.50 bits per heavy atom. The molecule has 0 radical (unpaired) electrons. The van der Waals surface area contributed by atoms with Crippen LogP contribution in [0.15, 0.2) is 11.6 Å². The average Bonchev–Trinajstić information content (AvgIpc) is 2.22. The van der Waals surface area contributed by atoms with Gasteiger partial charge >= 0.3 is 5.97 Å². The van der Waals surface area contributed by atoms with Crippen molar-refractivity contribution in [3.8, 4) is 0 Å². The van der Waals surface area contributed by atoms with Crippen LogP contribution in [0.2, 0.25) is 0 Å². The van der Waals surface area contributed by atoms with Gasteiger partial charge in [0, 0.05) is 24.2 Å². The number of hydrogen-bond acceptors (Lipinski definition) is 3. The minimum atomic E-state index is -0.846. The summed E-state index contributed by atoms with van der Waals surface area (Å²) in [5.74, 6) is -0.846. The van der Waals surface area contributed by atoms with Gasteiger partial charge in [0.1, 0.15) is 0 Å². The first kappa shape index (κ1) is 13.2. The lowest BCUT2D eigenvalue weighted by atomic mass is 10.00. The van der Waals surface area contributed by atoms with E-state index in [0.29, 0.717) is 24.2 Å². The van der Waals surface area contributed by atoms with Crippen LogP contribution in [0.4, 0.5) is 0 Å². The number of carboxylic acid groups (broad SMARTS) is 1. The molecule has 2 N–H and O–H groups in total. The van der Waals surface area contributed by atoms with Gasteiger partial charge in [-0.05, 0) is 33.6 Å². The topological polar surface area (TPSA) is 52.6 Å². The van der Waals surface area contributed by atoms with E-state index < -0.39 is 5.97 Å². The highest BCUT2D eigenvalue weighted by atomic mass is 16.4. The lowest BCUT2D eigenvalue weighted by Crippen LogP contribution is -2.52. The van der Waals surface area contributed by atoms with Crippen LogP contribution in [0.1, 0.15) is 40.0 Å². The molecule has 4 heteroatoms. The zero-order chi connectivity index (χ0) is 12.1. The van der Waals surface area contributed by atoms with E-state index in [2.05, 4.69) is 24.3 Å². The van der Waals surface area contributed by atoms with Gasteiger partial charge in [-0.1, -0.05) is 12.5 Å². The van der Waals surface area contributed by atoms with E-state index in [1.807, 2.05) is 0 Å². The van der Waals surface area contributed by atoms with Gasteiger partial charge in [-0.15, -0.1) is 0 Å². The maximum absolute atomic E-state index is 10.6. The van der Waals surface area contributed by atoms with Gasteiger partial charge in [0.2, 0.25) is 0 Å². The molecular formula is C12H22N2O2. The summed E-state index contributed by atoms with van der Waals surface area (Å²) in [5, 5.41) is 11.0. The Morgan fingerprint density at radius 1 is 1.44 bits per heavy atom. The van der Waals surface area contributed by atoms with Crippen molar-refractivity contribution in [3.63, 3.8) is 0 Å². The van der Waals surface area contributed by atoms with Gasteiger partial charge < -0.3 is 5.11 Å². The summed E-state index contributed by atoms with van der Waals surface area (Å²) in [4.78, 5) is 10.6. The predicted molar refractivity (Wildman–Crippen MR) is 64.0 cm³/mol. The minimum Gasteiger partial charge on any atom is -0.478 e. The third-order valence-electron chi connectivity index (χ3n) is 3.21. The van der Waals surface area contributed by atoms with Crippen LogP contribution in [-0.2, 0) is 4.79 Å². The molecular weight excluding hydrogens is 204 g/mol. The van der Waals surface area contributed by atoms with Gasteiger partial charge in [-0.25, -0.2) is 9.80 Å². The van der Waals surface area contributed by atoms with Gasteiger partial charge in [0.25, 0.3) is 0 Å². The van der Waals surface area contributed by atoms with E-state index in [4.69, 9.17) is 5.11 Å². The highest BCUT2D eigenvalue weighted by Crippen LogP contribution is 2.19. The third-order valence-corrected chi connectivity index (χ3v) is 3.21. The van der Waals surface area contributed by atoms with E-state index in [9.17, 15) is 4.79 Å². The number of rotatable bonds is 4. The Labute approximate surface area is 97.3 Å². The fourth-order valence-corrected chi connectivity index (χ4v) is 2.12. The second-order valence-corrected chi connectivity index (χ2v) is 4.59. The van der Waals surface area contributed by atoms with Crippen LogP contribution < -0.4 is 5.43 Å². The number of carboxylic acids is 1. The first-order chi connectivity index (χ1) is 7.52. The predicted octanol–water partition coefficient (Wildman–Crippen LogP) is 1.78. The maximum Gasteiger partial charge on any atom is 0.330 e. The summed E-state index contributed by atoms with van der Waals surface area (Å²) in [6.45, 7) is 6.62. The van der Waals surface area contributed by atoms with Crippen molar-refractivity contribution in [1.29, 1.82) is 0 Å². The Morgan fingerprint density at radius 2 is 2.00 bits per heavy atom. The number of piperidine rings is 1. The molecule has 0 aromatic carbocycles. The molecule has 0 spiro atoms. The summed E-state index contributed by atoms with van der Waals surface area (Å²) < 4.78 is 0. The number of carbonyl (C=O) groups is 1. The van der Waals surface area contributed by atoms with Crippen molar-refractivity contribution in [2.24, 2.45) is 0 Å². The lowest BCUT2D eigenvalue weighted by molar-refractivity contribution is -0.132. The highest BCUT2D eigenvalue weighted by Gasteiger charge is 2.23.